The molecular weight excluding hydrogens is 542 g/mol. The van der Waals surface area contributed by atoms with Gasteiger partial charge in [-0.25, -0.2) is 9.97 Å². The molecule has 0 bridgehead atoms. The molecule has 0 saturated heterocycles. The Bertz CT molecular complexity index is 1950. The van der Waals surface area contributed by atoms with Crippen molar-refractivity contribution in [2.24, 2.45) is 0 Å². The molecule has 0 aliphatic carbocycles. The van der Waals surface area contributed by atoms with Crippen molar-refractivity contribution in [3.8, 4) is 11.3 Å². The molecule has 0 radical (unpaired) electrons. The number of benzene rings is 5. The quantitative estimate of drug-likeness (QED) is 0.178. The monoisotopic (exact) mass is 575 g/mol. The van der Waals surface area contributed by atoms with E-state index in [-0.39, 0.29) is 5.91 Å². The summed E-state index contributed by atoms with van der Waals surface area (Å²) < 4.78 is 0. The number of carbonyl (C=O) groups excluding carboxylic acids is 1. The van der Waals surface area contributed by atoms with Crippen LogP contribution in [0, 0.1) is 6.92 Å². The Morgan fingerprint density at radius 3 is 2.48 bits per heavy atom. The molecule has 216 valence electrons. The lowest BCUT2D eigenvalue weighted by Gasteiger charge is -2.27. The average Bonchev–Trinajstić information content (AvgIpc) is 3.06. The molecule has 7 rings (SSSR count). The van der Waals surface area contributed by atoms with Gasteiger partial charge in [0.15, 0.2) is 0 Å². The first-order chi connectivity index (χ1) is 21.6. The van der Waals surface area contributed by atoms with E-state index in [0.717, 1.165) is 58.4 Å². The highest BCUT2D eigenvalue weighted by molar-refractivity contribution is 6.05. The van der Waals surface area contributed by atoms with Crippen molar-refractivity contribution in [2.75, 3.05) is 16.0 Å². The standard InChI is InChI=1S/C38H33N5O/c1-25-15-16-26(23-31-22-17-27-9-5-7-13-33(27)39-31)24-35(25)41-37(44)29-18-20-30(21-19-29)40-38-42-34-14-8-6-12-32(34)36(43-38)28-10-3-2-4-11-28/h2-16,18-21,24,31,39H,17,22-23H2,1H3,(H,41,44)(H,40,42,43). The number of para-hydroxylation sites is 2. The highest BCUT2D eigenvalue weighted by atomic mass is 16.1. The van der Waals surface area contributed by atoms with Crippen molar-refractivity contribution in [2.45, 2.75) is 32.2 Å². The lowest BCUT2D eigenvalue weighted by Crippen LogP contribution is -2.27. The Labute approximate surface area is 257 Å². The van der Waals surface area contributed by atoms with E-state index in [9.17, 15) is 4.79 Å². The fourth-order valence-corrected chi connectivity index (χ4v) is 5.85. The number of nitrogens with one attached hydrogen (secondary N) is 3. The van der Waals surface area contributed by atoms with Crippen LogP contribution in [0.4, 0.5) is 23.0 Å². The zero-order chi connectivity index (χ0) is 29.9. The summed E-state index contributed by atoms with van der Waals surface area (Å²) in [6, 6.07) is 40.8. The van der Waals surface area contributed by atoms with Crippen LogP contribution in [0.15, 0.2) is 121 Å². The smallest absolute Gasteiger partial charge is 0.255 e. The fraction of sp³-hybridized carbons (Fsp3) is 0.132. The van der Waals surface area contributed by atoms with Crippen LogP contribution in [-0.2, 0) is 12.8 Å². The van der Waals surface area contributed by atoms with Gasteiger partial charge in [-0.3, -0.25) is 4.79 Å². The summed E-state index contributed by atoms with van der Waals surface area (Å²) in [4.78, 5) is 22.8. The Balaban J connectivity index is 1.04. The number of aromatic nitrogens is 2. The molecule has 2 heterocycles. The van der Waals surface area contributed by atoms with Crippen LogP contribution in [0.1, 0.15) is 33.5 Å². The molecule has 1 aromatic heterocycles. The summed E-state index contributed by atoms with van der Waals surface area (Å²) in [5.74, 6) is 0.359. The van der Waals surface area contributed by atoms with E-state index < -0.39 is 0 Å². The van der Waals surface area contributed by atoms with E-state index in [0.29, 0.717) is 17.6 Å². The summed E-state index contributed by atoms with van der Waals surface area (Å²) in [6.07, 6.45) is 3.07. The summed E-state index contributed by atoms with van der Waals surface area (Å²) >= 11 is 0. The van der Waals surface area contributed by atoms with Crippen LogP contribution in [0.25, 0.3) is 22.2 Å². The van der Waals surface area contributed by atoms with E-state index in [1.54, 1.807) is 0 Å². The van der Waals surface area contributed by atoms with Crippen molar-refractivity contribution >= 4 is 39.8 Å². The molecule has 6 nitrogen and oxygen atoms in total. The number of fused-ring (bicyclic) bond motifs is 2. The lowest BCUT2D eigenvalue weighted by molar-refractivity contribution is 0.102. The molecule has 1 aliphatic heterocycles. The van der Waals surface area contributed by atoms with E-state index in [4.69, 9.17) is 9.97 Å². The molecule has 0 saturated carbocycles. The van der Waals surface area contributed by atoms with Gasteiger partial charge in [0, 0.05) is 39.6 Å². The molecule has 1 amide bonds. The third-order valence-corrected chi connectivity index (χ3v) is 8.23. The molecule has 44 heavy (non-hydrogen) atoms. The van der Waals surface area contributed by atoms with Gasteiger partial charge < -0.3 is 16.0 Å². The van der Waals surface area contributed by atoms with E-state index in [1.165, 1.54) is 16.8 Å². The van der Waals surface area contributed by atoms with Crippen LogP contribution >= 0.6 is 0 Å². The minimum Gasteiger partial charge on any atom is -0.382 e. The molecule has 0 spiro atoms. The predicted octanol–water partition coefficient (Wildman–Crippen LogP) is 8.57. The van der Waals surface area contributed by atoms with Gasteiger partial charge in [-0.15, -0.1) is 0 Å². The molecule has 6 heteroatoms. The summed E-state index contributed by atoms with van der Waals surface area (Å²) in [5, 5.41) is 11.1. The fourth-order valence-electron chi connectivity index (χ4n) is 5.85. The molecule has 0 fully saturated rings. The number of nitrogens with zero attached hydrogens (tertiary/aromatic N) is 2. The Hall–Kier alpha value is -5.49. The van der Waals surface area contributed by atoms with Crippen LogP contribution in [0.5, 0.6) is 0 Å². The van der Waals surface area contributed by atoms with Crippen LogP contribution in [-0.4, -0.2) is 21.9 Å². The Kier molecular flexibility index (Phi) is 7.47. The third kappa shape index (κ3) is 5.88. The molecule has 5 aromatic carbocycles. The summed E-state index contributed by atoms with van der Waals surface area (Å²) in [7, 11) is 0. The second kappa shape index (κ2) is 12.0. The van der Waals surface area contributed by atoms with E-state index >= 15 is 0 Å². The second-order valence-corrected chi connectivity index (χ2v) is 11.3. The number of hydrogen-bond acceptors (Lipinski definition) is 5. The van der Waals surface area contributed by atoms with E-state index in [1.807, 2.05) is 73.7 Å². The topological polar surface area (TPSA) is 78.9 Å². The van der Waals surface area contributed by atoms with Gasteiger partial charge in [0.05, 0.1) is 11.2 Å². The third-order valence-electron chi connectivity index (χ3n) is 8.23. The number of amides is 1. The first-order valence-electron chi connectivity index (χ1n) is 15.0. The number of rotatable bonds is 7. The maximum atomic E-state index is 13.3. The van der Waals surface area contributed by atoms with Gasteiger partial charge in [-0.05, 0) is 85.3 Å². The van der Waals surface area contributed by atoms with Gasteiger partial charge in [0.2, 0.25) is 5.95 Å². The minimum absolute atomic E-state index is 0.144. The lowest BCUT2D eigenvalue weighted by atomic mass is 9.93. The largest absolute Gasteiger partial charge is 0.382 e. The number of anilines is 4. The Morgan fingerprint density at radius 1 is 0.841 bits per heavy atom. The van der Waals surface area contributed by atoms with Crippen molar-refractivity contribution in [1.29, 1.82) is 0 Å². The van der Waals surface area contributed by atoms with Crippen molar-refractivity contribution in [3.63, 3.8) is 0 Å². The SMILES string of the molecule is Cc1ccc(CC2CCc3ccccc3N2)cc1NC(=O)c1ccc(Nc2nc(-c3ccccc3)c3ccccc3n2)cc1. The van der Waals surface area contributed by atoms with Gasteiger partial charge in [0.1, 0.15) is 0 Å². The highest BCUT2D eigenvalue weighted by Gasteiger charge is 2.18. The predicted molar refractivity (Wildman–Crippen MR) is 180 cm³/mol. The minimum atomic E-state index is -0.144. The molecule has 1 atom stereocenters. The Morgan fingerprint density at radius 2 is 1.61 bits per heavy atom. The number of hydrogen-bond donors (Lipinski definition) is 3. The maximum Gasteiger partial charge on any atom is 0.255 e. The maximum absolute atomic E-state index is 13.3. The number of aryl methyl sites for hydroxylation is 2. The normalized spacial score (nSPS) is 14.0. The van der Waals surface area contributed by atoms with Gasteiger partial charge in [0.25, 0.3) is 5.91 Å². The van der Waals surface area contributed by atoms with E-state index in [2.05, 4.69) is 70.5 Å². The first-order valence-corrected chi connectivity index (χ1v) is 15.0. The zero-order valence-corrected chi connectivity index (χ0v) is 24.5. The zero-order valence-electron chi connectivity index (χ0n) is 24.5. The molecule has 6 aromatic rings. The first kappa shape index (κ1) is 27.3. The molecule has 1 unspecified atom stereocenters. The van der Waals surface area contributed by atoms with Gasteiger partial charge in [-0.2, -0.15) is 0 Å². The van der Waals surface area contributed by atoms with Crippen molar-refractivity contribution in [1.82, 2.24) is 9.97 Å². The molecular formula is C38H33N5O. The van der Waals surface area contributed by atoms with Gasteiger partial charge >= 0.3 is 0 Å². The average molecular weight is 576 g/mol. The van der Waals surface area contributed by atoms with Gasteiger partial charge in [-0.1, -0.05) is 78.9 Å². The number of carbonyl (C=O) groups is 1. The molecule has 1 aliphatic rings. The van der Waals surface area contributed by atoms with Crippen molar-refractivity contribution < 1.29 is 4.79 Å². The molecule has 3 N–H and O–H groups in total. The highest BCUT2D eigenvalue weighted by Crippen LogP contribution is 2.29. The van der Waals surface area contributed by atoms with Crippen LogP contribution in [0.2, 0.25) is 0 Å². The second-order valence-electron chi connectivity index (χ2n) is 11.3. The summed E-state index contributed by atoms with van der Waals surface area (Å²) in [6.45, 7) is 2.02. The van der Waals surface area contributed by atoms with Crippen LogP contribution < -0.4 is 16.0 Å². The summed E-state index contributed by atoms with van der Waals surface area (Å²) in [5.41, 5.74) is 9.82. The van der Waals surface area contributed by atoms with Crippen molar-refractivity contribution in [3.05, 3.63) is 144 Å². The van der Waals surface area contributed by atoms with Crippen LogP contribution in [0.3, 0.4) is 0 Å².